The van der Waals surface area contributed by atoms with E-state index in [9.17, 15) is 17.6 Å². The van der Waals surface area contributed by atoms with Gasteiger partial charge in [-0.1, -0.05) is 24.3 Å². The number of hydrogen-bond acceptors (Lipinski definition) is 6. The Hall–Kier alpha value is -2.49. The molecule has 0 aliphatic heterocycles. The minimum absolute atomic E-state index is 0.138. The van der Waals surface area contributed by atoms with Crippen molar-refractivity contribution >= 4 is 16.0 Å². The van der Waals surface area contributed by atoms with Crippen LogP contribution in [-0.2, 0) is 32.2 Å². The van der Waals surface area contributed by atoms with Crippen LogP contribution >= 0.6 is 0 Å². The lowest BCUT2D eigenvalue weighted by Gasteiger charge is -2.26. The first kappa shape index (κ1) is 20.8. The minimum atomic E-state index is -3.88. The van der Waals surface area contributed by atoms with Crippen LogP contribution in [0.2, 0.25) is 0 Å². The van der Waals surface area contributed by atoms with E-state index in [0.29, 0.717) is 11.3 Å². The van der Waals surface area contributed by atoms with Crippen LogP contribution in [0, 0.1) is 5.82 Å². The number of primary amides is 1. The molecule has 0 aliphatic carbocycles. The highest BCUT2D eigenvalue weighted by Crippen LogP contribution is 2.16. The summed E-state index contributed by atoms with van der Waals surface area (Å²) in [4.78, 5) is 11.5. The summed E-state index contributed by atoms with van der Waals surface area (Å²) in [5, 5.41) is 2.69. The molecule has 2 rings (SSSR count). The summed E-state index contributed by atoms with van der Waals surface area (Å²) in [6.45, 7) is 1.60. The lowest BCUT2D eigenvalue weighted by atomic mass is 10.2. The fourth-order valence-electron chi connectivity index (χ4n) is 2.23. The number of carbonyl (C=O) groups excluding carboxylic acids is 1. The smallest absolute Gasteiger partial charge is 0.266 e. The molecule has 0 bridgehead atoms. The minimum Gasteiger partial charge on any atom is -0.489 e. The molecule has 0 aliphatic rings. The second-order valence-corrected chi connectivity index (χ2v) is 7.68. The zero-order chi connectivity index (χ0) is 20.1. The van der Waals surface area contributed by atoms with Crippen molar-refractivity contribution in [3.63, 3.8) is 0 Å². The van der Waals surface area contributed by atoms with Gasteiger partial charge in [0.15, 0.2) is 0 Å². The Morgan fingerprint density at radius 2 is 1.85 bits per heavy atom. The van der Waals surface area contributed by atoms with Gasteiger partial charge < -0.3 is 10.5 Å². The topological polar surface area (TPSA) is 108 Å². The van der Waals surface area contributed by atoms with Gasteiger partial charge in [-0.2, -0.15) is 8.42 Å². The van der Waals surface area contributed by atoms with Gasteiger partial charge in [-0.15, -0.1) is 0 Å². The van der Waals surface area contributed by atoms with Gasteiger partial charge in [-0.25, -0.2) is 8.57 Å². The van der Waals surface area contributed by atoms with E-state index in [1.54, 1.807) is 36.4 Å². The maximum Gasteiger partial charge on any atom is 0.266 e. The molecule has 0 saturated heterocycles. The van der Waals surface area contributed by atoms with Gasteiger partial charge in [-0.05, 0) is 42.3 Å². The fraction of sp³-hybridized carbons (Fsp3) is 0.278. The first-order chi connectivity index (χ1) is 12.6. The van der Waals surface area contributed by atoms with Crippen LogP contribution in [0.15, 0.2) is 48.5 Å². The van der Waals surface area contributed by atoms with E-state index in [1.807, 2.05) is 0 Å². The molecule has 0 fully saturated rings. The van der Waals surface area contributed by atoms with Crippen molar-refractivity contribution in [2.75, 3.05) is 6.26 Å². The van der Waals surface area contributed by atoms with Gasteiger partial charge >= 0.3 is 0 Å². The molecule has 7 nitrogen and oxygen atoms in total. The number of rotatable bonds is 9. The summed E-state index contributed by atoms with van der Waals surface area (Å²) in [5.41, 5.74) is 4.83. The van der Waals surface area contributed by atoms with E-state index < -0.39 is 21.8 Å². The highest BCUT2D eigenvalue weighted by molar-refractivity contribution is 7.86. The van der Waals surface area contributed by atoms with E-state index in [1.165, 1.54) is 19.1 Å². The summed E-state index contributed by atoms with van der Waals surface area (Å²) in [7, 11) is -3.88. The molecule has 0 heterocycles. The molecule has 3 N–H and O–H groups in total. The number of nitrogens with one attached hydrogen (secondary N) is 1. The van der Waals surface area contributed by atoms with Gasteiger partial charge in [0.2, 0.25) is 5.72 Å². The third kappa shape index (κ3) is 6.63. The van der Waals surface area contributed by atoms with E-state index in [0.717, 1.165) is 11.8 Å². The molecular weight excluding hydrogens is 375 g/mol. The predicted octanol–water partition coefficient (Wildman–Crippen LogP) is 1.67. The summed E-state index contributed by atoms with van der Waals surface area (Å²) < 4.78 is 46.1. The van der Waals surface area contributed by atoms with Gasteiger partial charge in [0, 0.05) is 6.54 Å². The van der Waals surface area contributed by atoms with E-state index in [-0.39, 0.29) is 19.0 Å². The van der Waals surface area contributed by atoms with Crippen molar-refractivity contribution in [2.24, 2.45) is 5.73 Å². The Balaban J connectivity index is 1.95. The molecule has 0 spiro atoms. The third-order valence-electron chi connectivity index (χ3n) is 3.64. The molecule has 0 saturated carbocycles. The number of amides is 1. The zero-order valence-corrected chi connectivity index (χ0v) is 15.8. The average Bonchev–Trinajstić information content (AvgIpc) is 2.57. The van der Waals surface area contributed by atoms with Crippen molar-refractivity contribution in [1.82, 2.24) is 5.32 Å². The van der Waals surface area contributed by atoms with Gasteiger partial charge in [0.25, 0.3) is 16.0 Å². The van der Waals surface area contributed by atoms with Crippen molar-refractivity contribution in [1.29, 1.82) is 0 Å². The van der Waals surface area contributed by atoms with Gasteiger partial charge in [0.1, 0.15) is 18.2 Å². The van der Waals surface area contributed by atoms with Crippen LogP contribution < -0.4 is 15.8 Å². The second-order valence-electron chi connectivity index (χ2n) is 6.10. The lowest BCUT2D eigenvalue weighted by Crippen LogP contribution is -2.55. The molecule has 0 aromatic heterocycles. The zero-order valence-electron chi connectivity index (χ0n) is 14.9. The monoisotopic (exact) mass is 396 g/mol. The van der Waals surface area contributed by atoms with E-state index in [2.05, 4.69) is 5.32 Å². The summed E-state index contributed by atoms with van der Waals surface area (Å²) >= 11 is 0. The molecule has 2 aromatic carbocycles. The lowest BCUT2D eigenvalue weighted by molar-refractivity contribution is -0.134. The number of ether oxygens (including phenoxy) is 1. The molecule has 0 unspecified atom stereocenters. The van der Waals surface area contributed by atoms with Gasteiger partial charge in [-0.3, -0.25) is 10.1 Å². The van der Waals surface area contributed by atoms with Crippen molar-refractivity contribution in [2.45, 2.75) is 25.8 Å². The Morgan fingerprint density at radius 1 is 1.19 bits per heavy atom. The molecule has 1 atom stereocenters. The number of halogens is 1. The standard InChI is InChI=1S/C18H21FN2O5S/c1-18(17(20)22,26-27(2,23)24)21-11-13-6-8-16(9-7-13)25-12-14-4-3-5-15(19)10-14/h3-10,21H,11-12H2,1-2H3,(H2,20,22)/t18-/m0/s1. The van der Waals surface area contributed by atoms with Crippen molar-refractivity contribution < 1.29 is 26.5 Å². The van der Waals surface area contributed by atoms with Crippen LogP contribution in [0.1, 0.15) is 18.1 Å². The first-order valence-electron chi connectivity index (χ1n) is 7.99. The largest absolute Gasteiger partial charge is 0.489 e. The Bertz CT molecular complexity index is 902. The SMILES string of the molecule is C[C@](NCc1ccc(OCc2cccc(F)c2)cc1)(OS(C)(=O)=O)C(N)=O. The molecule has 9 heteroatoms. The fourth-order valence-corrected chi connectivity index (χ4v) is 2.97. The second kappa shape index (κ2) is 8.47. The Kier molecular flexibility index (Phi) is 6.53. The number of carbonyl (C=O) groups is 1. The quantitative estimate of drug-likeness (QED) is 0.493. The molecule has 27 heavy (non-hydrogen) atoms. The first-order valence-corrected chi connectivity index (χ1v) is 9.81. The van der Waals surface area contributed by atoms with Crippen molar-refractivity contribution in [3.8, 4) is 5.75 Å². The normalized spacial score (nSPS) is 13.7. The summed E-state index contributed by atoms with van der Waals surface area (Å²) in [6, 6.07) is 13.0. The summed E-state index contributed by atoms with van der Waals surface area (Å²) in [5.74, 6) is -0.706. The van der Waals surface area contributed by atoms with Crippen LogP contribution in [0.5, 0.6) is 5.75 Å². The molecule has 1 amide bonds. The van der Waals surface area contributed by atoms with E-state index in [4.69, 9.17) is 14.7 Å². The molecule has 0 radical (unpaired) electrons. The third-order valence-corrected chi connectivity index (χ3v) is 4.27. The van der Waals surface area contributed by atoms with Crippen LogP contribution in [0.25, 0.3) is 0 Å². The Labute approximate surface area is 157 Å². The van der Waals surface area contributed by atoms with Crippen LogP contribution in [0.4, 0.5) is 4.39 Å². The van der Waals surface area contributed by atoms with Crippen LogP contribution in [0.3, 0.4) is 0 Å². The summed E-state index contributed by atoms with van der Waals surface area (Å²) in [6.07, 6.45) is 0.834. The maximum absolute atomic E-state index is 13.1. The van der Waals surface area contributed by atoms with E-state index >= 15 is 0 Å². The maximum atomic E-state index is 13.1. The average molecular weight is 396 g/mol. The predicted molar refractivity (Wildman–Crippen MR) is 97.5 cm³/mol. The van der Waals surface area contributed by atoms with Crippen molar-refractivity contribution in [3.05, 3.63) is 65.5 Å². The molecule has 146 valence electrons. The number of hydrogen-bond donors (Lipinski definition) is 2. The Morgan fingerprint density at radius 3 is 2.41 bits per heavy atom. The molecular formula is C18H21FN2O5S. The molecule has 2 aromatic rings. The highest BCUT2D eigenvalue weighted by atomic mass is 32.2. The van der Waals surface area contributed by atoms with Crippen LogP contribution in [-0.4, -0.2) is 26.3 Å². The number of benzene rings is 2. The number of nitrogens with two attached hydrogens (primary N) is 1. The highest BCUT2D eigenvalue weighted by Gasteiger charge is 2.35. The van der Waals surface area contributed by atoms with Gasteiger partial charge in [0.05, 0.1) is 6.26 Å².